The summed E-state index contributed by atoms with van der Waals surface area (Å²) in [5.41, 5.74) is 2.64. The number of para-hydroxylation sites is 1. The topological polar surface area (TPSA) is 20.2 Å². The van der Waals surface area contributed by atoms with Crippen LogP contribution in [-0.2, 0) is 6.42 Å². The van der Waals surface area contributed by atoms with Crippen molar-refractivity contribution < 1.29 is 5.11 Å². The number of benzene rings is 1. The van der Waals surface area contributed by atoms with Crippen LogP contribution in [0.25, 0.3) is 0 Å². The van der Waals surface area contributed by atoms with Crippen LogP contribution in [0.15, 0.2) is 37.0 Å². The Morgan fingerprint density at radius 3 is 2.41 bits per heavy atom. The van der Waals surface area contributed by atoms with Crippen molar-refractivity contribution in [2.45, 2.75) is 26.7 Å². The third-order valence-electron chi connectivity index (χ3n) is 3.55. The van der Waals surface area contributed by atoms with Gasteiger partial charge in [-0.1, -0.05) is 18.2 Å². The van der Waals surface area contributed by atoms with Crippen LogP contribution in [-0.4, -0.2) is 24.8 Å². The van der Waals surface area contributed by atoms with Gasteiger partial charge in [-0.25, -0.2) is 0 Å². The molecule has 0 aromatic heterocycles. The standard InChI is InChI=1S/C15H24NO/c1-4-16(5-2,6-3)15-12-8-7-10-14(15)11-9-13-17/h4,7-8,10,12,17H,1,5-6,9,11,13H2,2-3H3/q+1. The van der Waals surface area contributed by atoms with Crippen molar-refractivity contribution in [3.63, 3.8) is 0 Å². The number of aliphatic hydroxyl groups is 1. The van der Waals surface area contributed by atoms with Crippen molar-refractivity contribution in [3.05, 3.63) is 42.6 Å². The van der Waals surface area contributed by atoms with Crippen LogP contribution in [0.1, 0.15) is 25.8 Å². The number of aryl methyl sites for hydroxylation is 1. The third kappa shape index (κ3) is 2.96. The van der Waals surface area contributed by atoms with Crippen LogP contribution in [0.3, 0.4) is 0 Å². The maximum absolute atomic E-state index is 8.97. The fourth-order valence-corrected chi connectivity index (χ4v) is 2.35. The summed E-state index contributed by atoms with van der Waals surface area (Å²) >= 11 is 0. The molecule has 0 spiro atoms. The Balaban J connectivity index is 3.13. The predicted molar refractivity (Wildman–Crippen MR) is 74.9 cm³/mol. The molecule has 0 atom stereocenters. The molecule has 0 amide bonds. The molecule has 0 heterocycles. The van der Waals surface area contributed by atoms with E-state index in [-0.39, 0.29) is 6.61 Å². The molecule has 2 nitrogen and oxygen atoms in total. The number of hydrogen-bond donors (Lipinski definition) is 1. The largest absolute Gasteiger partial charge is 0.396 e. The second-order valence-corrected chi connectivity index (χ2v) is 4.30. The summed E-state index contributed by atoms with van der Waals surface area (Å²) in [4.78, 5) is 0. The van der Waals surface area contributed by atoms with Gasteiger partial charge in [0.25, 0.3) is 0 Å². The first kappa shape index (κ1) is 13.9. The quantitative estimate of drug-likeness (QED) is 0.719. The fraction of sp³-hybridized carbons (Fsp3) is 0.467. The first-order chi connectivity index (χ1) is 8.24. The van der Waals surface area contributed by atoms with E-state index in [1.54, 1.807) is 0 Å². The zero-order chi connectivity index (χ0) is 12.7. The van der Waals surface area contributed by atoms with E-state index in [4.69, 9.17) is 5.11 Å². The van der Waals surface area contributed by atoms with Crippen molar-refractivity contribution in [1.82, 2.24) is 4.48 Å². The van der Waals surface area contributed by atoms with Crippen LogP contribution in [0.5, 0.6) is 0 Å². The van der Waals surface area contributed by atoms with Gasteiger partial charge in [0.2, 0.25) is 0 Å². The average molecular weight is 234 g/mol. The lowest BCUT2D eigenvalue weighted by Gasteiger charge is -2.33. The number of hydrogen-bond acceptors (Lipinski definition) is 1. The normalized spacial score (nSPS) is 11.5. The molecule has 0 bridgehead atoms. The molecule has 1 aromatic rings. The summed E-state index contributed by atoms with van der Waals surface area (Å²) in [5.74, 6) is 0. The van der Waals surface area contributed by atoms with Gasteiger partial charge in [0.15, 0.2) is 0 Å². The Hall–Kier alpha value is -1.12. The molecule has 0 saturated carbocycles. The van der Waals surface area contributed by atoms with E-state index in [2.05, 4.69) is 44.7 Å². The molecule has 2 heteroatoms. The minimum Gasteiger partial charge on any atom is -0.396 e. The summed E-state index contributed by atoms with van der Waals surface area (Å²) in [5, 5.41) is 8.97. The van der Waals surface area contributed by atoms with Crippen LogP contribution in [0.4, 0.5) is 5.69 Å². The van der Waals surface area contributed by atoms with Crippen molar-refractivity contribution in [3.8, 4) is 0 Å². The van der Waals surface area contributed by atoms with E-state index in [1.165, 1.54) is 11.3 Å². The summed E-state index contributed by atoms with van der Waals surface area (Å²) in [7, 11) is 0. The molecule has 0 saturated heterocycles. The highest BCUT2D eigenvalue weighted by molar-refractivity contribution is 5.52. The van der Waals surface area contributed by atoms with Gasteiger partial charge in [0.1, 0.15) is 5.69 Å². The summed E-state index contributed by atoms with van der Waals surface area (Å²) in [6, 6.07) is 8.49. The highest BCUT2D eigenvalue weighted by Crippen LogP contribution is 2.28. The van der Waals surface area contributed by atoms with E-state index >= 15 is 0 Å². The molecule has 17 heavy (non-hydrogen) atoms. The molecule has 0 aliphatic rings. The summed E-state index contributed by atoms with van der Waals surface area (Å²) in [6.07, 6.45) is 3.78. The Labute approximate surface area is 105 Å². The van der Waals surface area contributed by atoms with E-state index in [0.29, 0.717) is 0 Å². The SMILES string of the molecule is C=C[N+](CC)(CC)c1ccccc1CCCO. The van der Waals surface area contributed by atoms with Crippen molar-refractivity contribution in [1.29, 1.82) is 0 Å². The van der Waals surface area contributed by atoms with Crippen molar-refractivity contribution in [2.75, 3.05) is 19.7 Å². The van der Waals surface area contributed by atoms with Crippen molar-refractivity contribution in [2.24, 2.45) is 0 Å². The lowest BCUT2D eigenvalue weighted by molar-refractivity contribution is 0.288. The number of quaternary nitrogens is 1. The van der Waals surface area contributed by atoms with Gasteiger partial charge < -0.3 is 5.11 Å². The van der Waals surface area contributed by atoms with Gasteiger partial charge in [-0.05, 0) is 39.3 Å². The monoisotopic (exact) mass is 234 g/mol. The Bertz CT molecular complexity index is 356. The Morgan fingerprint density at radius 1 is 1.24 bits per heavy atom. The van der Waals surface area contributed by atoms with Gasteiger partial charge in [-0.3, -0.25) is 4.48 Å². The average Bonchev–Trinajstić information content (AvgIpc) is 2.40. The lowest BCUT2D eigenvalue weighted by atomic mass is 10.0. The maximum atomic E-state index is 8.97. The van der Waals surface area contributed by atoms with Gasteiger partial charge in [0.05, 0.1) is 19.3 Å². The summed E-state index contributed by atoms with van der Waals surface area (Å²) in [6.45, 7) is 10.6. The second kappa shape index (κ2) is 6.58. The van der Waals surface area contributed by atoms with Gasteiger partial charge >= 0.3 is 0 Å². The van der Waals surface area contributed by atoms with Gasteiger partial charge in [0, 0.05) is 12.2 Å². The predicted octanol–water partition coefficient (Wildman–Crippen LogP) is 3.10. The first-order valence-electron chi connectivity index (χ1n) is 6.43. The highest BCUT2D eigenvalue weighted by Gasteiger charge is 2.25. The molecule has 0 aliphatic heterocycles. The van der Waals surface area contributed by atoms with Crippen molar-refractivity contribution >= 4 is 5.69 Å². The van der Waals surface area contributed by atoms with Crippen LogP contribution < -0.4 is 4.48 Å². The van der Waals surface area contributed by atoms with Gasteiger partial charge in [-0.15, -0.1) is 0 Å². The molecule has 0 unspecified atom stereocenters. The molecule has 1 rings (SSSR count). The minimum absolute atomic E-state index is 0.251. The van der Waals surface area contributed by atoms with Crippen LogP contribution in [0, 0.1) is 0 Å². The zero-order valence-corrected chi connectivity index (χ0v) is 11.0. The third-order valence-corrected chi connectivity index (χ3v) is 3.55. The Morgan fingerprint density at radius 2 is 1.88 bits per heavy atom. The smallest absolute Gasteiger partial charge is 0.140 e. The molecule has 0 aliphatic carbocycles. The van der Waals surface area contributed by atoms with E-state index in [9.17, 15) is 0 Å². The van der Waals surface area contributed by atoms with E-state index < -0.39 is 0 Å². The highest BCUT2D eigenvalue weighted by atomic mass is 16.2. The maximum Gasteiger partial charge on any atom is 0.140 e. The minimum atomic E-state index is 0.251. The molecule has 0 fully saturated rings. The molecule has 1 aromatic carbocycles. The van der Waals surface area contributed by atoms with Crippen LogP contribution >= 0.6 is 0 Å². The molecule has 1 N–H and O–H groups in total. The molecular weight excluding hydrogens is 210 g/mol. The fourth-order valence-electron chi connectivity index (χ4n) is 2.35. The summed E-state index contributed by atoms with van der Waals surface area (Å²) < 4.78 is 0.807. The molecule has 94 valence electrons. The Kier molecular flexibility index (Phi) is 5.39. The van der Waals surface area contributed by atoms with E-state index in [0.717, 1.165) is 30.4 Å². The first-order valence-corrected chi connectivity index (χ1v) is 6.43. The second-order valence-electron chi connectivity index (χ2n) is 4.30. The zero-order valence-electron chi connectivity index (χ0n) is 11.0. The molecular formula is C15H24NO+. The molecule has 0 radical (unpaired) electrons. The van der Waals surface area contributed by atoms with Gasteiger partial charge in [-0.2, -0.15) is 0 Å². The number of aliphatic hydroxyl groups excluding tert-OH is 1. The van der Waals surface area contributed by atoms with Crippen LogP contribution in [0.2, 0.25) is 0 Å². The number of nitrogens with zero attached hydrogens (tertiary/aromatic N) is 1. The van der Waals surface area contributed by atoms with E-state index in [1.807, 2.05) is 6.20 Å². The lowest BCUT2D eigenvalue weighted by Crippen LogP contribution is -2.43. The number of rotatable bonds is 7.